The zero-order valence-electron chi connectivity index (χ0n) is 22.9. The normalized spacial score (nSPS) is 14.7. The van der Waals surface area contributed by atoms with Crippen LogP contribution in [0.2, 0.25) is 0 Å². The van der Waals surface area contributed by atoms with Gasteiger partial charge in [0.15, 0.2) is 12.3 Å². The van der Waals surface area contributed by atoms with Gasteiger partial charge >= 0.3 is 5.95 Å². The van der Waals surface area contributed by atoms with Crippen LogP contribution in [0.1, 0.15) is 49.2 Å². The minimum absolute atomic E-state index is 0.0686. The van der Waals surface area contributed by atoms with Crippen LogP contribution in [0, 0.1) is 0 Å². The number of nitrogen functional groups attached to an aromatic ring is 1. The van der Waals surface area contributed by atoms with E-state index in [2.05, 4.69) is 35.8 Å². The molecule has 11 nitrogen and oxygen atoms in total. The number of nitrogens with two attached hydrogens (primary N) is 1. The van der Waals surface area contributed by atoms with E-state index in [1.54, 1.807) is 23.8 Å². The Morgan fingerprint density at radius 1 is 1.26 bits per heavy atom. The first kappa shape index (κ1) is 27.2. The summed E-state index contributed by atoms with van der Waals surface area (Å²) in [5.41, 5.74) is 8.91. The van der Waals surface area contributed by atoms with Gasteiger partial charge in [0.05, 0.1) is 44.4 Å². The van der Waals surface area contributed by atoms with E-state index in [9.17, 15) is 9.90 Å². The standard InChI is InChI=1S/C27H36N6O5/c1-7-38-21-14-22-32(15-18(21)25(35)29-5)26(28)30-33(22)16-20(34)17-8-9-19(31-10-12-37-13-11-31)24(36-6)23(17)27(2,3)4/h8-9,14-15H,7,10-13,16H2,1-6H3,(H2-,28,29,30,35). The average Bonchev–Trinajstić information content (AvgIpc) is 3.20. The zero-order chi connectivity index (χ0) is 27.6. The first-order chi connectivity index (χ1) is 18.1. The molecule has 0 aliphatic carbocycles. The molecule has 1 fully saturated rings. The highest BCUT2D eigenvalue weighted by atomic mass is 16.5. The summed E-state index contributed by atoms with van der Waals surface area (Å²) < 4.78 is 20.2. The highest BCUT2D eigenvalue weighted by Crippen LogP contribution is 2.42. The molecule has 0 bridgehead atoms. The second-order valence-corrected chi connectivity index (χ2v) is 10.1. The minimum Gasteiger partial charge on any atom is -0.858 e. The van der Waals surface area contributed by atoms with Gasteiger partial charge in [-0.05, 0) is 30.4 Å². The Morgan fingerprint density at radius 3 is 2.58 bits per heavy atom. The number of aromatic nitrogens is 3. The summed E-state index contributed by atoms with van der Waals surface area (Å²) in [5, 5.41) is 16.8. The predicted octanol–water partition coefficient (Wildman–Crippen LogP) is 1.37. The molecular formula is C27H36N6O5. The van der Waals surface area contributed by atoms with E-state index in [0.717, 1.165) is 24.3 Å². The van der Waals surface area contributed by atoms with Gasteiger partial charge in [0, 0.05) is 42.4 Å². The van der Waals surface area contributed by atoms with Crippen LogP contribution >= 0.6 is 0 Å². The highest BCUT2D eigenvalue weighted by Gasteiger charge is 2.31. The molecule has 3 heterocycles. The molecule has 0 radical (unpaired) electrons. The van der Waals surface area contributed by atoms with Gasteiger partial charge < -0.3 is 34.9 Å². The van der Waals surface area contributed by atoms with E-state index in [4.69, 9.17) is 19.9 Å². The number of fused-ring (bicyclic) bond motifs is 1. The lowest BCUT2D eigenvalue weighted by molar-refractivity contribution is -0.496. The number of anilines is 2. The summed E-state index contributed by atoms with van der Waals surface area (Å²) in [6, 6.07) is 5.46. The fourth-order valence-corrected chi connectivity index (χ4v) is 4.83. The highest BCUT2D eigenvalue weighted by molar-refractivity contribution is 5.99. The van der Waals surface area contributed by atoms with Crippen molar-refractivity contribution in [1.29, 1.82) is 0 Å². The molecule has 0 unspecified atom stereocenters. The quantitative estimate of drug-likeness (QED) is 0.202. The Morgan fingerprint density at radius 2 is 1.97 bits per heavy atom. The molecule has 0 spiro atoms. The number of aliphatic imine (C=N–C) groups is 1. The zero-order valence-corrected chi connectivity index (χ0v) is 22.9. The lowest BCUT2D eigenvalue weighted by atomic mass is 9.81. The van der Waals surface area contributed by atoms with E-state index in [1.807, 2.05) is 19.1 Å². The number of methoxy groups -OCH3 is 1. The largest absolute Gasteiger partial charge is 0.858 e. The molecule has 1 aliphatic rings. The number of pyridine rings is 1. The Hall–Kier alpha value is -3.86. The van der Waals surface area contributed by atoms with Crippen LogP contribution in [0.4, 0.5) is 11.6 Å². The Balaban J connectivity index is 1.79. The van der Waals surface area contributed by atoms with Crippen LogP contribution in [0.5, 0.6) is 11.5 Å². The Kier molecular flexibility index (Phi) is 7.77. The number of hydrogen-bond donors (Lipinski definition) is 1. The van der Waals surface area contributed by atoms with Crippen molar-refractivity contribution in [1.82, 2.24) is 9.78 Å². The molecule has 1 aromatic carbocycles. The molecule has 4 rings (SSSR count). The number of benzene rings is 1. The molecule has 38 heavy (non-hydrogen) atoms. The monoisotopic (exact) mass is 524 g/mol. The smallest absolute Gasteiger partial charge is 0.380 e. The number of carbonyl (C=O) groups is 1. The fraction of sp³-hybridized carbons (Fsp3) is 0.481. The summed E-state index contributed by atoms with van der Waals surface area (Å²) in [5.74, 6) is 0.595. The Bertz CT molecular complexity index is 1370. The summed E-state index contributed by atoms with van der Waals surface area (Å²) >= 11 is 0. The van der Waals surface area contributed by atoms with Crippen LogP contribution in [0.3, 0.4) is 0 Å². The lowest BCUT2D eigenvalue weighted by Gasteiger charge is -2.33. The van der Waals surface area contributed by atoms with Crippen molar-refractivity contribution in [2.24, 2.45) is 4.99 Å². The van der Waals surface area contributed by atoms with Gasteiger partial charge in [-0.2, -0.15) is 4.40 Å². The van der Waals surface area contributed by atoms with E-state index in [0.29, 0.717) is 42.5 Å². The molecule has 0 saturated carbocycles. The summed E-state index contributed by atoms with van der Waals surface area (Å²) in [6.07, 6.45) is 1.54. The predicted molar refractivity (Wildman–Crippen MR) is 142 cm³/mol. The molecular weight excluding hydrogens is 488 g/mol. The molecule has 204 valence electrons. The van der Waals surface area contributed by atoms with Crippen molar-refractivity contribution in [2.75, 3.05) is 57.7 Å². The first-order valence-corrected chi connectivity index (χ1v) is 12.7. The third-order valence-electron chi connectivity index (χ3n) is 6.54. The minimum atomic E-state index is -0.437. The molecule has 11 heteroatoms. The van der Waals surface area contributed by atoms with Gasteiger partial charge in [0.25, 0.3) is 0 Å². The van der Waals surface area contributed by atoms with Gasteiger partial charge in [-0.15, -0.1) is 4.68 Å². The SMILES string of the molecule is CCOc1cc2n(CC(=O)c3ccc(N4CCOCC4)c(OC)c3C(C)(C)C)nc(N)[n+]2cc1C([O-])=NC. The molecule has 2 N–H and O–H groups in total. The van der Waals surface area contributed by atoms with Gasteiger partial charge in [-0.1, -0.05) is 20.8 Å². The van der Waals surface area contributed by atoms with Crippen molar-refractivity contribution in [2.45, 2.75) is 39.7 Å². The number of nitrogens with zero attached hydrogens (tertiary/aromatic N) is 5. The third-order valence-corrected chi connectivity index (χ3v) is 6.54. The van der Waals surface area contributed by atoms with Gasteiger partial charge in [-0.25, -0.2) is 0 Å². The number of ether oxygens (including phenoxy) is 3. The summed E-state index contributed by atoms with van der Waals surface area (Å²) in [7, 11) is 3.06. The van der Waals surface area contributed by atoms with E-state index in [1.165, 1.54) is 11.7 Å². The molecule has 3 aromatic rings. The average molecular weight is 525 g/mol. The lowest BCUT2D eigenvalue weighted by Crippen LogP contribution is -2.37. The van der Waals surface area contributed by atoms with Crippen LogP contribution in [0.15, 0.2) is 29.4 Å². The number of rotatable bonds is 8. The summed E-state index contributed by atoms with van der Waals surface area (Å²) in [6.45, 7) is 11.1. The maximum Gasteiger partial charge on any atom is 0.380 e. The number of carbonyl (C=O) groups excluding carboxylic acids is 1. The van der Waals surface area contributed by atoms with Crippen molar-refractivity contribution < 1.29 is 28.5 Å². The Labute approximate surface area is 222 Å². The second-order valence-electron chi connectivity index (χ2n) is 10.1. The van der Waals surface area contributed by atoms with E-state index >= 15 is 0 Å². The maximum atomic E-state index is 13.8. The van der Waals surface area contributed by atoms with Crippen molar-refractivity contribution in [3.8, 4) is 11.5 Å². The van der Waals surface area contributed by atoms with E-state index in [-0.39, 0.29) is 29.3 Å². The van der Waals surface area contributed by atoms with Crippen molar-refractivity contribution >= 4 is 29.0 Å². The molecule has 2 aromatic heterocycles. The van der Waals surface area contributed by atoms with Gasteiger partial charge in [-0.3, -0.25) is 4.79 Å². The van der Waals surface area contributed by atoms with Crippen molar-refractivity contribution in [3.05, 3.63) is 41.1 Å². The third kappa shape index (κ3) is 5.10. The number of ketones is 1. The fourth-order valence-electron chi connectivity index (χ4n) is 4.83. The maximum absolute atomic E-state index is 13.8. The summed E-state index contributed by atoms with van der Waals surface area (Å²) in [4.78, 5) is 19.8. The molecule has 1 aliphatic heterocycles. The van der Waals surface area contributed by atoms with Gasteiger partial charge in [0.1, 0.15) is 11.5 Å². The number of hydrogen-bond acceptors (Lipinski definition) is 9. The first-order valence-electron chi connectivity index (χ1n) is 12.7. The molecule has 0 atom stereocenters. The topological polar surface area (TPSA) is 131 Å². The number of Topliss-reactive ketones (excluding diaryl/α,β-unsaturated/α-hetero) is 1. The molecule has 1 saturated heterocycles. The van der Waals surface area contributed by atoms with Crippen LogP contribution in [-0.2, 0) is 16.7 Å². The van der Waals surface area contributed by atoms with Crippen LogP contribution < -0.4 is 29.6 Å². The number of morpholine rings is 1. The van der Waals surface area contributed by atoms with Gasteiger partial charge in [0.2, 0.25) is 5.65 Å². The van der Waals surface area contributed by atoms with Crippen LogP contribution in [-0.4, -0.2) is 68.5 Å². The molecule has 0 amide bonds. The van der Waals surface area contributed by atoms with Crippen LogP contribution in [0.25, 0.3) is 5.65 Å². The van der Waals surface area contributed by atoms with Crippen molar-refractivity contribution in [3.63, 3.8) is 0 Å². The van der Waals surface area contributed by atoms with E-state index < -0.39 is 5.90 Å². The second kappa shape index (κ2) is 10.9.